The lowest BCUT2D eigenvalue weighted by Crippen LogP contribution is -2.46. The quantitative estimate of drug-likeness (QED) is 0.783. The Balaban J connectivity index is 1.53. The number of rotatable bonds is 4. The van der Waals surface area contributed by atoms with E-state index in [0.717, 1.165) is 5.56 Å². The number of thioether (sulfide) groups is 1. The van der Waals surface area contributed by atoms with Crippen LogP contribution in [0.5, 0.6) is 0 Å². The Kier molecular flexibility index (Phi) is 4.03. The molecule has 2 aromatic rings. The van der Waals surface area contributed by atoms with Gasteiger partial charge in [0.2, 0.25) is 5.91 Å². The van der Waals surface area contributed by atoms with Gasteiger partial charge in [0.05, 0.1) is 0 Å². The standard InChI is InChI=1S/C18H18N2O4S/c1-12-9-14(19-24-12)10-23-17(22)15-11-25-18(8-7-16(21)20(15)18)13-5-3-2-4-6-13/h2-6,9,15H,7-8,10-11H2,1H3/t15-,18+/m1/s1. The number of fused-ring (bicyclic) bond motifs is 1. The number of nitrogens with zero attached hydrogens (tertiary/aromatic N) is 2. The Bertz CT molecular complexity index is 806. The first-order valence-electron chi connectivity index (χ1n) is 8.21. The molecular formula is C18H18N2O4S. The van der Waals surface area contributed by atoms with E-state index in [0.29, 0.717) is 30.0 Å². The molecule has 2 saturated heterocycles. The molecule has 0 N–H and O–H groups in total. The van der Waals surface area contributed by atoms with Gasteiger partial charge in [-0.2, -0.15) is 0 Å². The van der Waals surface area contributed by atoms with Crippen LogP contribution in [0.3, 0.4) is 0 Å². The van der Waals surface area contributed by atoms with E-state index in [1.165, 1.54) is 0 Å². The van der Waals surface area contributed by atoms with Crippen LogP contribution in [0.4, 0.5) is 0 Å². The third-order valence-electron chi connectivity index (χ3n) is 4.66. The highest BCUT2D eigenvalue weighted by atomic mass is 32.2. The summed E-state index contributed by atoms with van der Waals surface area (Å²) in [5.74, 6) is 0.826. The van der Waals surface area contributed by atoms with Crippen LogP contribution in [0.15, 0.2) is 40.9 Å². The zero-order chi connectivity index (χ0) is 17.4. The molecule has 0 aliphatic carbocycles. The Morgan fingerprint density at radius 2 is 2.24 bits per heavy atom. The second-order valence-electron chi connectivity index (χ2n) is 6.28. The first kappa shape index (κ1) is 16.2. The number of benzene rings is 1. The predicted molar refractivity (Wildman–Crippen MR) is 91.5 cm³/mol. The molecule has 0 unspecified atom stereocenters. The van der Waals surface area contributed by atoms with Crippen molar-refractivity contribution in [3.63, 3.8) is 0 Å². The van der Waals surface area contributed by atoms with Crippen molar-refractivity contribution in [3.05, 3.63) is 53.4 Å². The number of amides is 1. The number of hydrogen-bond donors (Lipinski definition) is 0. The van der Waals surface area contributed by atoms with Crippen molar-refractivity contribution < 1.29 is 18.8 Å². The maximum Gasteiger partial charge on any atom is 0.330 e. The summed E-state index contributed by atoms with van der Waals surface area (Å²) in [6, 6.07) is 11.1. The summed E-state index contributed by atoms with van der Waals surface area (Å²) >= 11 is 1.65. The zero-order valence-corrected chi connectivity index (χ0v) is 14.6. The molecule has 2 aliphatic heterocycles. The molecule has 1 aromatic carbocycles. The highest BCUT2D eigenvalue weighted by molar-refractivity contribution is 8.00. The van der Waals surface area contributed by atoms with E-state index in [2.05, 4.69) is 5.16 Å². The third-order valence-corrected chi connectivity index (χ3v) is 6.26. The number of esters is 1. The van der Waals surface area contributed by atoms with Gasteiger partial charge in [-0.1, -0.05) is 35.5 Å². The molecule has 0 saturated carbocycles. The molecule has 3 heterocycles. The van der Waals surface area contributed by atoms with Gasteiger partial charge in [-0.05, 0) is 18.9 Å². The van der Waals surface area contributed by atoms with Crippen LogP contribution < -0.4 is 0 Å². The predicted octanol–water partition coefficient (Wildman–Crippen LogP) is 2.62. The summed E-state index contributed by atoms with van der Waals surface area (Å²) in [5, 5.41) is 3.82. The van der Waals surface area contributed by atoms with Crippen LogP contribution in [0.1, 0.15) is 29.9 Å². The molecule has 0 radical (unpaired) electrons. The van der Waals surface area contributed by atoms with Crippen LogP contribution in [0.2, 0.25) is 0 Å². The molecule has 25 heavy (non-hydrogen) atoms. The number of hydrogen-bond acceptors (Lipinski definition) is 6. The highest BCUT2D eigenvalue weighted by Gasteiger charge is 2.57. The van der Waals surface area contributed by atoms with Crippen LogP contribution in [0, 0.1) is 6.92 Å². The summed E-state index contributed by atoms with van der Waals surface area (Å²) < 4.78 is 10.4. The van der Waals surface area contributed by atoms with Gasteiger partial charge in [0.25, 0.3) is 0 Å². The molecule has 1 amide bonds. The minimum Gasteiger partial charge on any atom is -0.457 e. The SMILES string of the molecule is Cc1cc(COC(=O)[C@H]2CS[C@]3(c4ccccc4)CCC(=O)N23)no1. The number of carbonyl (C=O) groups is 2. The Labute approximate surface area is 149 Å². The number of aromatic nitrogens is 1. The van der Waals surface area contributed by atoms with Crippen LogP contribution in [-0.2, 0) is 25.8 Å². The van der Waals surface area contributed by atoms with Gasteiger partial charge in [-0.15, -0.1) is 11.8 Å². The van der Waals surface area contributed by atoms with Gasteiger partial charge >= 0.3 is 5.97 Å². The average Bonchev–Trinajstić information content (AvgIpc) is 3.30. The summed E-state index contributed by atoms with van der Waals surface area (Å²) in [5.41, 5.74) is 1.63. The summed E-state index contributed by atoms with van der Waals surface area (Å²) in [6.07, 6.45) is 1.17. The zero-order valence-electron chi connectivity index (χ0n) is 13.8. The van der Waals surface area contributed by atoms with E-state index in [-0.39, 0.29) is 18.5 Å². The fourth-order valence-corrected chi connectivity index (χ4v) is 5.18. The monoisotopic (exact) mass is 358 g/mol. The van der Waals surface area contributed by atoms with Crippen molar-refractivity contribution in [3.8, 4) is 0 Å². The molecular weight excluding hydrogens is 340 g/mol. The van der Waals surface area contributed by atoms with Crippen LogP contribution in [0.25, 0.3) is 0 Å². The molecule has 1 aromatic heterocycles. The lowest BCUT2D eigenvalue weighted by molar-refractivity contribution is -0.155. The van der Waals surface area contributed by atoms with E-state index < -0.39 is 10.9 Å². The Morgan fingerprint density at radius 1 is 1.44 bits per heavy atom. The minimum atomic E-state index is -0.562. The molecule has 0 bridgehead atoms. The van der Waals surface area contributed by atoms with Crippen molar-refractivity contribution in [2.45, 2.75) is 37.3 Å². The summed E-state index contributed by atoms with van der Waals surface area (Å²) in [7, 11) is 0. The fraction of sp³-hybridized carbons (Fsp3) is 0.389. The molecule has 130 valence electrons. The third kappa shape index (κ3) is 2.72. The van der Waals surface area contributed by atoms with Gasteiger partial charge < -0.3 is 14.2 Å². The Hall–Kier alpha value is -2.28. The molecule has 0 spiro atoms. The smallest absolute Gasteiger partial charge is 0.330 e. The first-order valence-corrected chi connectivity index (χ1v) is 9.19. The average molecular weight is 358 g/mol. The van der Waals surface area contributed by atoms with Crippen LogP contribution >= 0.6 is 11.8 Å². The van der Waals surface area contributed by atoms with E-state index in [4.69, 9.17) is 9.26 Å². The first-order chi connectivity index (χ1) is 12.1. The number of ether oxygens (including phenoxy) is 1. The van der Waals surface area contributed by atoms with Gasteiger partial charge in [0.1, 0.15) is 29.0 Å². The lowest BCUT2D eigenvalue weighted by atomic mass is 10.0. The maximum absolute atomic E-state index is 12.6. The summed E-state index contributed by atoms with van der Waals surface area (Å²) in [4.78, 5) is 26.4. The number of carbonyl (C=O) groups excluding carboxylic acids is 2. The minimum absolute atomic E-state index is 0.00748. The van der Waals surface area contributed by atoms with E-state index in [9.17, 15) is 9.59 Å². The topological polar surface area (TPSA) is 72.6 Å². The van der Waals surface area contributed by atoms with Crippen molar-refractivity contribution >= 4 is 23.6 Å². The lowest BCUT2D eigenvalue weighted by Gasteiger charge is -2.33. The van der Waals surface area contributed by atoms with E-state index in [1.807, 2.05) is 30.3 Å². The van der Waals surface area contributed by atoms with Gasteiger partial charge in [0, 0.05) is 18.2 Å². The maximum atomic E-state index is 12.6. The van der Waals surface area contributed by atoms with Gasteiger partial charge in [0.15, 0.2) is 0 Å². The van der Waals surface area contributed by atoms with Gasteiger partial charge in [-0.3, -0.25) is 4.79 Å². The van der Waals surface area contributed by atoms with Gasteiger partial charge in [-0.25, -0.2) is 4.79 Å². The van der Waals surface area contributed by atoms with Crippen molar-refractivity contribution in [2.24, 2.45) is 0 Å². The molecule has 6 nitrogen and oxygen atoms in total. The summed E-state index contributed by atoms with van der Waals surface area (Å²) in [6.45, 7) is 1.83. The van der Waals surface area contributed by atoms with Crippen molar-refractivity contribution in [1.82, 2.24) is 10.1 Å². The normalized spacial score (nSPS) is 25.2. The molecule has 4 rings (SSSR count). The van der Waals surface area contributed by atoms with Crippen molar-refractivity contribution in [1.29, 1.82) is 0 Å². The Morgan fingerprint density at radius 3 is 2.96 bits per heavy atom. The molecule has 2 aliphatic rings. The largest absolute Gasteiger partial charge is 0.457 e. The molecule has 7 heteroatoms. The second kappa shape index (κ2) is 6.22. The highest BCUT2D eigenvalue weighted by Crippen LogP contribution is 2.54. The van der Waals surface area contributed by atoms with Crippen LogP contribution in [-0.4, -0.2) is 33.7 Å². The van der Waals surface area contributed by atoms with E-state index >= 15 is 0 Å². The fourth-order valence-electron chi connectivity index (χ4n) is 3.54. The van der Waals surface area contributed by atoms with E-state index in [1.54, 1.807) is 29.7 Å². The van der Waals surface area contributed by atoms with Crippen molar-refractivity contribution in [2.75, 3.05) is 5.75 Å². The molecule has 2 fully saturated rings. The molecule has 2 atom stereocenters. The second-order valence-corrected chi connectivity index (χ2v) is 7.57. The number of aryl methyl sites for hydroxylation is 1.